The standard InChI is InChI=1S/C10H13NO2S/c1-14(2,13)8-10(12)11-9-6-4-3-5-7-9/h3-8H,1-2H3,(H-,11,12,13)/p+1. The number of hydrogen-bond donors (Lipinski definition) is 2. The van der Waals surface area contributed by atoms with Gasteiger partial charge in [0, 0.05) is 5.69 Å². The molecule has 0 unspecified atom stereocenters. The van der Waals surface area contributed by atoms with Crippen LogP contribution in [0.5, 0.6) is 0 Å². The quantitative estimate of drug-likeness (QED) is 0.596. The van der Waals surface area contributed by atoms with Crippen molar-refractivity contribution >= 4 is 15.6 Å². The van der Waals surface area contributed by atoms with Crippen LogP contribution in [0.4, 0.5) is 5.69 Å². The molecule has 0 saturated heterocycles. The second-order valence-electron chi connectivity index (χ2n) is 3.30. The summed E-state index contributed by atoms with van der Waals surface area (Å²) in [6.07, 6.45) is 3.13. The molecule has 3 nitrogen and oxygen atoms in total. The Labute approximate surface area is 84.9 Å². The first-order chi connectivity index (χ1) is 6.47. The fourth-order valence-corrected chi connectivity index (χ4v) is 1.56. The molecule has 1 aromatic carbocycles. The molecule has 0 aromatic heterocycles. The molecule has 4 heteroatoms. The van der Waals surface area contributed by atoms with Crippen LogP contribution in [0, 0.1) is 0 Å². The van der Waals surface area contributed by atoms with Crippen LogP contribution < -0.4 is 5.32 Å². The van der Waals surface area contributed by atoms with Gasteiger partial charge in [-0.1, -0.05) is 18.2 Å². The van der Waals surface area contributed by atoms with Crippen LogP contribution in [-0.4, -0.2) is 17.6 Å². The van der Waals surface area contributed by atoms with Crippen molar-refractivity contribution in [2.75, 3.05) is 17.8 Å². The number of para-hydroxylation sites is 1. The van der Waals surface area contributed by atoms with E-state index >= 15 is 0 Å². The molecule has 0 aliphatic heterocycles. The van der Waals surface area contributed by atoms with Gasteiger partial charge < -0.3 is 10.4 Å². The molecular weight excluding hydrogens is 198 g/mol. The van der Waals surface area contributed by atoms with Crippen molar-refractivity contribution in [3.05, 3.63) is 41.6 Å². The van der Waals surface area contributed by atoms with E-state index in [0.29, 0.717) is 0 Å². The van der Waals surface area contributed by atoms with Crippen molar-refractivity contribution < 1.29 is 9.32 Å². The topological polar surface area (TPSA) is 49.3 Å². The largest absolute Gasteiger partial charge is 0.492 e. The van der Waals surface area contributed by atoms with Gasteiger partial charge in [0.05, 0.1) is 0 Å². The van der Waals surface area contributed by atoms with E-state index in [1.807, 2.05) is 30.3 Å². The molecule has 2 N–H and O–H groups in total. The molecule has 0 atom stereocenters. The van der Waals surface area contributed by atoms with E-state index in [9.17, 15) is 9.32 Å². The first kappa shape index (κ1) is 10.8. The van der Waals surface area contributed by atoms with Gasteiger partial charge in [-0.05, 0) is 12.1 Å². The third-order valence-electron chi connectivity index (χ3n) is 1.44. The van der Waals surface area contributed by atoms with E-state index in [2.05, 4.69) is 5.32 Å². The van der Waals surface area contributed by atoms with Crippen LogP contribution in [0.3, 0.4) is 0 Å². The van der Waals surface area contributed by atoms with E-state index in [0.717, 1.165) is 5.69 Å². The lowest BCUT2D eigenvalue weighted by Gasteiger charge is -2.03. The van der Waals surface area contributed by atoms with Gasteiger partial charge in [-0.2, -0.15) is 0 Å². The summed E-state index contributed by atoms with van der Waals surface area (Å²) in [7, 11) is -2.07. The Bertz CT molecular complexity index is 367. The SMILES string of the molecule is C[S+](C)(=O)/C=C(\O)Nc1ccccc1. The van der Waals surface area contributed by atoms with Crippen LogP contribution in [-0.2, 0) is 14.1 Å². The first-order valence-electron chi connectivity index (χ1n) is 4.14. The number of nitrogens with one attached hydrogen (secondary N) is 1. The number of aliphatic hydroxyl groups excluding tert-OH is 1. The minimum Gasteiger partial charge on any atom is -0.492 e. The van der Waals surface area contributed by atoms with Crippen LogP contribution >= 0.6 is 0 Å². The van der Waals surface area contributed by atoms with Crippen molar-refractivity contribution in [3.8, 4) is 0 Å². The summed E-state index contributed by atoms with van der Waals surface area (Å²) in [5, 5.41) is 13.5. The van der Waals surface area contributed by atoms with Gasteiger partial charge in [-0.15, -0.1) is 4.21 Å². The third kappa shape index (κ3) is 4.09. The van der Waals surface area contributed by atoms with Crippen LogP contribution in [0.15, 0.2) is 41.6 Å². The Hall–Kier alpha value is -1.29. The second-order valence-corrected chi connectivity index (χ2v) is 6.16. The third-order valence-corrected chi connectivity index (χ3v) is 2.23. The molecular formula is C10H14NO2S+. The zero-order valence-corrected chi connectivity index (χ0v) is 9.04. The summed E-state index contributed by atoms with van der Waals surface area (Å²) in [6, 6.07) is 9.22. The Kier molecular flexibility index (Phi) is 3.30. The average Bonchev–Trinajstić information content (AvgIpc) is 2.02. The van der Waals surface area contributed by atoms with Crippen LogP contribution in [0.25, 0.3) is 0 Å². The molecule has 1 aromatic rings. The van der Waals surface area contributed by atoms with Crippen molar-refractivity contribution in [3.63, 3.8) is 0 Å². The highest BCUT2D eigenvalue weighted by molar-refractivity contribution is 8.04. The number of hydrogen-bond acceptors (Lipinski definition) is 3. The molecule has 1 rings (SSSR count). The van der Waals surface area contributed by atoms with E-state index in [1.54, 1.807) is 12.5 Å². The fourth-order valence-electron chi connectivity index (χ4n) is 0.968. The van der Waals surface area contributed by atoms with Crippen molar-refractivity contribution in [2.24, 2.45) is 0 Å². The summed E-state index contributed by atoms with van der Waals surface area (Å²) in [5.74, 6) is -0.0776. The molecule has 0 radical (unpaired) electrons. The lowest BCUT2D eigenvalue weighted by molar-refractivity contribution is 0.420. The summed E-state index contributed by atoms with van der Waals surface area (Å²) >= 11 is 0. The van der Waals surface area contributed by atoms with Crippen LogP contribution in [0.1, 0.15) is 0 Å². The maximum atomic E-state index is 11.3. The molecule has 0 aliphatic rings. The number of rotatable bonds is 3. The second kappa shape index (κ2) is 4.28. The maximum absolute atomic E-state index is 11.3. The van der Waals surface area contributed by atoms with Gasteiger partial charge in [0.1, 0.15) is 22.4 Å². The van der Waals surface area contributed by atoms with Crippen molar-refractivity contribution in [2.45, 2.75) is 0 Å². The van der Waals surface area contributed by atoms with E-state index in [-0.39, 0.29) is 5.88 Å². The molecule has 0 spiro atoms. The zero-order valence-electron chi connectivity index (χ0n) is 8.23. The minimum atomic E-state index is -2.07. The monoisotopic (exact) mass is 212 g/mol. The van der Waals surface area contributed by atoms with E-state index in [1.165, 1.54) is 5.41 Å². The number of aliphatic hydroxyl groups is 1. The normalized spacial score (nSPS) is 12.6. The maximum Gasteiger partial charge on any atom is 0.237 e. The summed E-state index contributed by atoms with van der Waals surface area (Å²) in [6.45, 7) is 0. The number of anilines is 1. The fraction of sp³-hybridized carbons (Fsp3) is 0.200. The zero-order chi connectivity index (χ0) is 10.6. The highest BCUT2D eigenvalue weighted by Crippen LogP contribution is 2.09. The Balaban J connectivity index is 2.72. The number of benzene rings is 1. The Morgan fingerprint density at radius 2 is 1.93 bits per heavy atom. The molecule has 0 bridgehead atoms. The van der Waals surface area contributed by atoms with Crippen molar-refractivity contribution in [1.29, 1.82) is 0 Å². The Morgan fingerprint density at radius 1 is 1.36 bits per heavy atom. The van der Waals surface area contributed by atoms with Crippen LogP contribution in [0.2, 0.25) is 0 Å². The Morgan fingerprint density at radius 3 is 2.43 bits per heavy atom. The lowest BCUT2D eigenvalue weighted by atomic mass is 10.3. The highest BCUT2D eigenvalue weighted by atomic mass is 32.2. The lowest BCUT2D eigenvalue weighted by Crippen LogP contribution is -2.05. The molecule has 0 fully saturated rings. The van der Waals surface area contributed by atoms with Gasteiger partial charge in [0.25, 0.3) is 0 Å². The highest BCUT2D eigenvalue weighted by Gasteiger charge is 2.10. The summed E-state index contributed by atoms with van der Waals surface area (Å²) in [5.41, 5.74) is 0.768. The minimum absolute atomic E-state index is 0.0776. The summed E-state index contributed by atoms with van der Waals surface area (Å²) in [4.78, 5) is 0. The molecule has 0 amide bonds. The molecule has 14 heavy (non-hydrogen) atoms. The van der Waals surface area contributed by atoms with Crippen molar-refractivity contribution in [1.82, 2.24) is 0 Å². The molecule has 0 aliphatic carbocycles. The summed E-state index contributed by atoms with van der Waals surface area (Å²) < 4.78 is 11.3. The average molecular weight is 212 g/mol. The van der Waals surface area contributed by atoms with Gasteiger partial charge >= 0.3 is 0 Å². The van der Waals surface area contributed by atoms with Gasteiger partial charge in [0.15, 0.2) is 5.41 Å². The molecule has 0 saturated carbocycles. The van der Waals surface area contributed by atoms with Gasteiger partial charge in [0.2, 0.25) is 5.88 Å². The van der Waals surface area contributed by atoms with E-state index < -0.39 is 9.93 Å². The predicted octanol–water partition coefficient (Wildman–Crippen LogP) is 2.21. The molecule has 76 valence electrons. The first-order valence-corrected chi connectivity index (χ1v) is 6.58. The van der Waals surface area contributed by atoms with Gasteiger partial charge in [-0.3, -0.25) is 0 Å². The smallest absolute Gasteiger partial charge is 0.237 e. The van der Waals surface area contributed by atoms with Gasteiger partial charge in [-0.25, -0.2) is 0 Å². The predicted molar refractivity (Wildman–Crippen MR) is 60.7 cm³/mol. The van der Waals surface area contributed by atoms with E-state index in [4.69, 9.17) is 0 Å². The molecule has 0 heterocycles.